The van der Waals surface area contributed by atoms with E-state index in [0.29, 0.717) is 23.9 Å². The highest BCUT2D eigenvalue weighted by molar-refractivity contribution is 7.89. The van der Waals surface area contributed by atoms with Crippen LogP contribution in [-0.2, 0) is 10.0 Å². The maximum atomic E-state index is 12.8. The van der Waals surface area contributed by atoms with Gasteiger partial charge >= 0.3 is 0 Å². The molecule has 2 aliphatic rings. The molecule has 2 fully saturated rings. The molecule has 4 rings (SSSR count). The summed E-state index contributed by atoms with van der Waals surface area (Å²) in [5, 5.41) is 0. The Balaban J connectivity index is 1.55. The van der Waals surface area contributed by atoms with E-state index in [1.165, 1.54) is 0 Å². The van der Waals surface area contributed by atoms with E-state index in [-0.39, 0.29) is 5.41 Å². The maximum absolute atomic E-state index is 12.8. The molecule has 122 valence electrons. The van der Waals surface area contributed by atoms with Gasteiger partial charge in [0, 0.05) is 19.3 Å². The van der Waals surface area contributed by atoms with Crippen molar-refractivity contribution in [3.05, 3.63) is 59.9 Å². The Morgan fingerprint density at radius 2 is 2.00 bits per heavy atom. The highest BCUT2D eigenvalue weighted by atomic mass is 32.2. The standard InChI is InChI=1S/C19H18N2O2S/c1-15-5-7-18(8-6-15)24(22,23)21-13-16-12-19(16,14-21)10-9-17-4-2-3-11-20-17/h2-8,11,16H,12-14H2,1H3. The van der Waals surface area contributed by atoms with Crippen LogP contribution in [0.1, 0.15) is 17.7 Å². The van der Waals surface area contributed by atoms with Crippen LogP contribution >= 0.6 is 0 Å². The van der Waals surface area contributed by atoms with Gasteiger partial charge in [0.15, 0.2) is 0 Å². The van der Waals surface area contributed by atoms with Crippen LogP contribution in [0.3, 0.4) is 0 Å². The topological polar surface area (TPSA) is 50.3 Å². The third kappa shape index (κ3) is 2.62. The number of fused-ring (bicyclic) bond motifs is 1. The molecule has 2 aromatic rings. The number of hydrogen-bond acceptors (Lipinski definition) is 3. The first-order valence-electron chi connectivity index (χ1n) is 8.01. The van der Waals surface area contributed by atoms with Crippen molar-refractivity contribution in [2.45, 2.75) is 18.2 Å². The van der Waals surface area contributed by atoms with Gasteiger partial charge in [0.25, 0.3) is 0 Å². The van der Waals surface area contributed by atoms with E-state index in [1.54, 1.807) is 22.6 Å². The summed E-state index contributed by atoms with van der Waals surface area (Å²) in [4.78, 5) is 4.57. The van der Waals surface area contributed by atoms with E-state index in [4.69, 9.17) is 0 Å². The summed E-state index contributed by atoms with van der Waals surface area (Å²) in [5.74, 6) is 6.74. The van der Waals surface area contributed by atoms with Crippen LogP contribution < -0.4 is 0 Å². The minimum Gasteiger partial charge on any atom is -0.248 e. The van der Waals surface area contributed by atoms with Crippen LogP contribution in [0.15, 0.2) is 53.6 Å². The lowest BCUT2D eigenvalue weighted by Crippen LogP contribution is -2.31. The third-order valence-corrected chi connectivity index (χ3v) is 6.70. The van der Waals surface area contributed by atoms with Crippen LogP contribution in [0.25, 0.3) is 0 Å². The van der Waals surface area contributed by atoms with Crippen LogP contribution in [0, 0.1) is 30.1 Å². The van der Waals surface area contributed by atoms with Crippen molar-refractivity contribution in [3.63, 3.8) is 0 Å². The van der Waals surface area contributed by atoms with Gasteiger partial charge in [0.1, 0.15) is 5.69 Å². The van der Waals surface area contributed by atoms with Crippen molar-refractivity contribution in [3.8, 4) is 11.8 Å². The molecule has 0 amide bonds. The molecule has 4 nitrogen and oxygen atoms in total. The second kappa shape index (κ2) is 5.44. The molecule has 0 bridgehead atoms. The number of aryl methyl sites for hydroxylation is 1. The summed E-state index contributed by atoms with van der Waals surface area (Å²) in [5.41, 5.74) is 1.60. The van der Waals surface area contributed by atoms with Crippen molar-refractivity contribution >= 4 is 10.0 Å². The van der Waals surface area contributed by atoms with Gasteiger partial charge < -0.3 is 0 Å². The Kier molecular flexibility index (Phi) is 3.48. The highest BCUT2D eigenvalue weighted by Gasteiger charge is 2.61. The molecule has 1 aromatic heterocycles. The number of hydrogen-bond donors (Lipinski definition) is 0. The fourth-order valence-electron chi connectivity index (χ4n) is 3.30. The molecule has 0 N–H and O–H groups in total. The Hall–Kier alpha value is -2.16. The third-order valence-electron chi connectivity index (χ3n) is 4.88. The minimum absolute atomic E-state index is 0.185. The number of benzene rings is 1. The fraction of sp³-hybridized carbons (Fsp3) is 0.316. The average Bonchev–Trinajstić information content (AvgIpc) is 3.14. The smallest absolute Gasteiger partial charge is 0.243 e. The van der Waals surface area contributed by atoms with Gasteiger partial charge in [-0.25, -0.2) is 13.4 Å². The normalized spacial score (nSPS) is 25.6. The van der Waals surface area contributed by atoms with Gasteiger partial charge in [-0.1, -0.05) is 29.7 Å². The van der Waals surface area contributed by atoms with E-state index in [2.05, 4.69) is 16.8 Å². The summed E-state index contributed by atoms with van der Waals surface area (Å²) in [6.07, 6.45) is 2.70. The van der Waals surface area contributed by atoms with Gasteiger partial charge in [0.2, 0.25) is 10.0 Å². The first-order valence-corrected chi connectivity index (χ1v) is 9.45. The Bertz CT molecular complexity index is 927. The first-order chi connectivity index (χ1) is 11.5. The van der Waals surface area contributed by atoms with E-state index in [1.807, 2.05) is 37.3 Å². The molecule has 2 unspecified atom stereocenters. The molecular formula is C19H18N2O2S. The summed E-state index contributed by atoms with van der Waals surface area (Å²) < 4.78 is 27.2. The molecule has 5 heteroatoms. The molecule has 2 atom stereocenters. The second-order valence-electron chi connectivity index (χ2n) is 6.63. The number of sulfonamides is 1. The molecule has 1 saturated heterocycles. The van der Waals surface area contributed by atoms with E-state index in [9.17, 15) is 8.42 Å². The molecule has 24 heavy (non-hydrogen) atoms. The fourth-order valence-corrected chi connectivity index (χ4v) is 4.85. The Morgan fingerprint density at radius 3 is 2.71 bits per heavy atom. The van der Waals surface area contributed by atoms with Crippen LogP contribution in [0.5, 0.6) is 0 Å². The van der Waals surface area contributed by atoms with Gasteiger partial charge in [-0.2, -0.15) is 4.31 Å². The van der Waals surface area contributed by atoms with Crippen molar-refractivity contribution in [2.24, 2.45) is 11.3 Å². The predicted octanol–water partition coefficient (Wildman–Crippen LogP) is 2.45. The van der Waals surface area contributed by atoms with Crippen LogP contribution in [0.2, 0.25) is 0 Å². The lowest BCUT2D eigenvalue weighted by Gasteiger charge is -2.19. The summed E-state index contributed by atoms with van der Waals surface area (Å²) in [7, 11) is -3.43. The zero-order valence-corrected chi connectivity index (χ0v) is 14.3. The molecular weight excluding hydrogens is 320 g/mol. The van der Waals surface area contributed by atoms with Crippen LogP contribution in [-0.4, -0.2) is 30.8 Å². The van der Waals surface area contributed by atoms with E-state index >= 15 is 0 Å². The molecule has 0 radical (unpaired) electrons. The maximum Gasteiger partial charge on any atom is 0.243 e. The summed E-state index contributed by atoms with van der Waals surface area (Å²) >= 11 is 0. The van der Waals surface area contributed by atoms with Gasteiger partial charge in [-0.15, -0.1) is 0 Å². The molecule has 0 spiro atoms. The van der Waals surface area contributed by atoms with Crippen molar-refractivity contribution in [2.75, 3.05) is 13.1 Å². The predicted molar refractivity (Wildman–Crippen MR) is 91.6 cm³/mol. The number of nitrogens with zero attached hydrogens (tertiary/aromatic N) is 2. The Labute approximate surface area is 142 Å². The van der Waals surface area contributed by atoms with Gasteiger partial charge in [0.05, 0.1) is 10.3 Å². The lowest BCUT2D eigenvalue weighted by atomic mass is 10.1. The highest BCUT2D eigenvalue weighted by Crippen LogP contribution is 2.58. The molecule has 1 aromatic carbocycles. The average molecular weight is 338 g/mol. The van der Waals surface area contributed by atoms with Crippen molar-refractivity contribution in [1.29, 1.82) is 0 Å². The SMILES string of the molecule is Cc1ccc(S(=O)(=O)N2CC3CC3(C#Cc3ccccn3)C2)cc1. The molecule has 1 aliphatic heterocycles. The zero-order chi connectivity index (χ0) is 16.8. The number of pyridine rings is 1. The van der Waals surface area contributed by atoms with E-state index in [0.717, 1.165) is 17.7 Å². The molecule has 2 heterocycles. The van der Waals surface area contributed by atoms with Gasteiger partial charge in [-0.05, 0) is 49.4 Å². The van der Waals surface area contributed by atoms with Crippen molar-refractivity contribution < 1.29 is 8.42 Å². The number of aromatic nitrogens is 1. The van der Waals surface area contributed by atoms with Crippen molar-refractivity contribution in [1.82, 2.24) is 9.29 Å². The summed E-state index contributed by atoms with van der Waals surface area (Å²) in [6, 6.07) is 12.7. The first kappa shape index (κ1) is 15.4. The lowest BCUT2D eigenvalue weighted by molar-refractivity contribution is 0.430. The zero-order valence-electron chi connectivity index (χ0n) is 13.4. The second-order valence-corrected chi connectivity index (χ2v) is 8.57. The minimum atomic E-state index is -3.43. The largest absolute Gasteiger partial charge is 0.248 e. The molecule has 1 aliphatic carbocycles. The summed E-state index contributed by atoms with van der Waals surface area (Å²) in [6.45, 7) is 2.99. The van der Waals surface area contributed by atoms with E-state index < -0.39 is 10.0 Å². The Morgan fingerprint density at radius 1 is 1.21 bits per heavy atom. The number of rotatable bonds is 2. The monoisotopic (exact) mass is 338 g/mol. The number of piperidine rings is 1. The van der Waals surface area contributed by atoms with Gasteiger partial charge in [-0.3, -0.25) is 0 Å². The molecule has 1 saturated carbocycles. The quantitative estimate of drug-likeness (QED) is 0.791. The van der Waals surface area contributed by atoms with Crippen LogP contribution in [0.4, 0.5) is 0 Å².